The Morgan fingerprint density at radius 1 is 1.22 bits per heavy atom. The SMILES string of the molecule is CCCCCCC1=C(C(C)=O)C(C)(O)N(C2CCCCC2)C1=O. The van der Waals surface area contributed by atoms with Gasteiger partial charge in [-0.1, -0.05) is 45.4 Å². The molecule has 4 nitrogen and oxygen atoms in total. The van der Waals surface area contributed by atoms with Crippen molar-refractivity contribution in [3.05, 3.63) is 11.1 Å². The van der Waals surface area contributed by atoms with Crippen LogP contribution in [0.3, 0.4) is 0 Å². The largest absolute Gasteiger partial charge is 0.367 e. The Bertz CT molecular complexity index is 487. The van der Waals surface area contributed by atoms with E-state index in [1.807, 2.05) is 0 Å². The summed E-state index contributed by atoms with van der Waals surface area (Å²) in [4.78, 5) is 26.7. The number of aliphatic hydroxyl groups is 1. The van der Waals surface area contributed by atoms with E-state index < -0.39 is 5.72 Å². The predicted molar refractivity (Wildman–Crippen MR) is 90.8 cm³/mol. The molecule has 0 spiro atoms. The maximum absolute atomic E-state index is 13.0. The molecule has 0 aromatic carbocycles. The van der Waals surface area contributed by atoms with Crippen LogP contribution in [0, 0.1) is 0 Å². The highest BCUT2D eigenvalue weighted by atomic mass is 16.3. The number of rotatable bonds is 7. The quantitative estimate of drug-likeness (QED) is 0.727. The molecule has 0 aromatic heterocycles. The first-order valence-electron chi connectivity index (χ1n) is 9.21. The molecule has 23 heavy (non-hydrogen) atoms. The molecular weight excluding hydrogens is 290 g/mol. The maximum Gasteiger partial charge on any atom is 0.253 e. The topological polar surface area (TPSA) is 57.6 Å². The first-order chi connectivity index (χ1) is 10.9. The lowest BCUT2D eigenvalue weighted by molar-refractivity contribution is -0.148. The Balaban J connectivity index is 2.23. The van der Waals surface area contributed by atoms with Crippen LogP contribution in [0.5, 0.6) is 0 Å². The summed E-state index contributed by atoms with van der Waals surface area (Å²) in [6.07, 6.45) is 10.1. The van der Waals surface area contributed by atoms with Crippen molar-refractivity contribution in [1.82, 2.24) is 4.90 Å². The molecule has 1 aliphatic carbocycles. The van der Waals surface area contributed by atoms with E-state index in [2.05, 4.69) is 6.92 Å². The van der Waals surface area contributed by atoms with Gasteiger partial charge in [0.25, 0.3) is 5.91 Å². The molecule has 4 heteroatoms. The van der Waals surface area contributed by atoms with Crippen molar-refractivity contribution < 1.29 is 14.7 Å². The summed E-state index contributed by atoms with van der Waals surface area (Å²) in [5.41, 5.74) is -0.542. The van der Waals surface area contributed by atoms with Crippen LogP contribution in [-0.2, 0) is 9.59 Å². The van der Waals surface area contributed by atoms with Gasteiger partial charge in [-0.05, 0) is 39.5 Å². The number of hydrogen-bond acceptors (Lipinski definition) is 3. The van der Waals surface area contributed by atoms with Crippen LogP contribution in [0.4, 0.5) is 0 Å². The number of carbonyl (C=O) groups is 2. The van der Waals surface area contributed by atoms with Gasteiger partial charge < -0.3 is 10.0 Å². The van der Waals surface area contributed by atoms with Crippen molar-refractivity contribution in [3.8, 4) is 0 Å². The van der Waals surface area contributed by atoms with Crippen molar-refractivity contribution in [1.29, 1.82) is 0 Å². The minimum Gasteiger partial charge on any atom is -0.367 e. The lowest BCUT2D eigenvalue weighted by atomic mass is 9.92. The van der Waals surface area contributed by atoms with Gasteiger partial charge in [0.15, 0.2) is 11.5 Å². The van der Waals surface area contributed by atoms with Crippen molar-refractivity contribution in [2.75, 3.05) is 0 Å². The normalized spacial score (nSPS) is 26.3. The molecule has 1 unspecified atom stereocenters. The maximum atomic E-state index is 13.0. The fourth-order valence-corrected chi connectivity index (χ4v) is 4.22. The summed E-state index contributed by atoms with van der Waals surface area (Å²) in [6.45, 7) is 5.24. The van der Waals surface area contributed by atoms with E-state index in [0.717, 1.165) is 51.4 Å². The molecule has 1 aliphatic heterocycles. The number of unbranched alkanes of at least 4 members (excludes halogenated alkanes) is 3. The fraction of sp³-hybridized carbons (Fsp3) is 0.789. The molecule has 1 saturated carbocycles. The van der Waals surface area contributed by atoms with Crippen molar-refractivity contribution in [3.63, 3.8) is 0 Å². The van der Waals surface area contributed by atoms with E-state index in [9.17, 15) is 14.7 Å². The van der Waals surface area contributed by atoms with Gasteiger partial charge in [0.2, 0.25) is 0 Å². The Morgan fingerprint density at radius 3 is 2.43 bits per heavy atom. The first kappa shape index (κ1) is 18.2. The summed E-state index contributed by atoms with van der Waals surface area (Å²) < 4.78 is 0. The molecule has 130 valence electrons. The first-order valence-corrected chi connectivity index (χ1v) is 9.21. The lowest BCUT2D eigenvalue weighted by Gasteiger charge is -2.40. The molecular formula is C19H31NO3. The van der Waals surface area contributed by atoms with Gasteiger partial charge in [-0.3, -0.25) is 9.59 Å². The van der Waals surface area contributed by atoms with E-state index in [4.69, 9.17) is 0 Å². The molecule has 0 bridgehead atoms. The molecule has 1 atom stereocenters. The van der Waals surface area contributed by atoms with Gasteiger partial charge in [0.05, 0.1) is 5.57 Å². The second kappa shape index (κ2) is 7.61. The van der Waals surface area contributed by atoms with E-state index in [1.165, 1.54) is 13.3 Å². The van der Waals surface area contributed by atoms with E-state index in [1.54, 1.807) is 11.8 Å². The van der Waals surface area contributed by atoms with Crippen molar-refractivity contribution in [2.45, 2.75) is 96.7 Å². The highest BCUT2D eigenvalue weighted by Crippen LogP contribution is 2.40. The molecule has 1 N–H and O–H groups in total. The van der Waals surface area contributed by atoms with Crippen LogP contribution >= 0.6 is 0 Å². The number of ketones is 1. The van der Waals surface area contributed by atoms with Gasteiger partial charge in [-0.2, -0.15) is 0 Å². The van der Waals surface area contributed by atoms with Crippen molar-refractivity contribution >= 4 is 11.7 Å². The van der Waals surface area contributed by atoms with E-state index >= 15 is 0 Å². The van der Waals surface area contributed by atoms with Gasteiger partial charge >= 0.3 is 0 Å². The smallest absolute Gasteiger partial charge is 0.253 e. The van der Waals surface area contributed by atoms with Gasteiger partial charge in [0, 0.05) is 11.6 Å². The highest BCUT2D eigenvalue weighted by molar-refractivity contribution is 6.10. The standard InChI is InChI=1S/C19H31NO3/c1-4-5-6-10-13-16-17(14(2)21)19(3,23)20(18(16)22)15-11-8-7-9-12-15/h15,23H,4-13H2,1-3H3. The summed E-state index contributed by atoms with van der Waals surface area (Å²) in [6, 6.07) is 0.0636. The molecule has 2 rings (SSSR count). The second-order valence-electron chi connectivity index (χ2n) is 7.21. The minimum atomic E-state index is -1.44. The van der Waals surface area contributed by atoms with Crippen LogP contribution in [0.25, 0.3) is 0 Å². The molecule has 0 aromatic rings. The average molecular weight is 321 g/mol. The molecule has 1 heterocycles. The Morgan fingerprint density at radius 2 is 1.87 bits per heavy atom. The number of nitrogens with zero attached hydrogens (tertiary/aromatic N) is 1. The predicted octanol–water partition coefficient (Wildman–Crippen LogP) is 3.73. The van der Waals surface area contributed by atoms with Crippen LogP contribution in [-0.4, -0.2) is 33.5 Å². The number of hydrogen-bond donors (Lipinski definition) is 1. The van der Waals surface area contributed by atoms with Crippen LogP contribution in [0.2, 0.25) is 0 Å². The second-order valence-corrected chi connectivity index (χ2v) is 7.21. The number of carbonyl (C=O) groups excluding carboxylic acids is 2. The third-order valence-electron chi connectivity index (χ3n) is 5.29. The summed E-state index contributed by atoms with van der Waals surface area (Å²) in [5.74, 6) is -0.282. The molecule has 1 fully saturated rings. The van der Waals surface area contributed by atoms with Gasteiger partial charge in [-0.25, -0.2) is 0 Å². The fourth-order valence-electron chi connectivity index (χ4n) is 4.22. The monoisotopic (exact) mass is 321 g/mol. The van der Waals surface area contributed by atoms with Crippen LogP contribution < -0.4 is 0 Å². The van der Waals surface area contributed by atoms with Crippen molar-refractivity contribution in [2.24, 2.45) is 0 Å². The van der Waals surface area contributed by atoms with Crippen LogP contribution in [0.15, 0.2) is 11.1 Å². The third-order valence-corrected chi connectivity index (χ3v) is 5.29. The third kappa shape index (κ3) is 3.68. The van der Waals surface area contributed by atoms with E-state index in [0.29, 0.717) is 17.6 Å². The molecule has 0 saturated heterocycles. The molecule has 1 amide bonds. The zero-order valence-corrected chi connectivity index (χ0v) is 14.9. The minimum absolute atomic E-state index is 0.0636. The summed E-state index contributed by atoms with van der Waals surface area (Å²) >= 11 is 0. The summed E-state index contributed by atoms with van der Waals surface area (Å²) in [5, 5.41) is 11.0. The number of amides is 1. The zero-order valence-electron chi connectivity index (χ0n) is 14.9. The molecule has 0 radical (unpaired) electrons. The van der Waals surface area contributed by atoms with Gasteiger partial charge in [-0.15, -0.1) is 0 Å². The average Bonchev–Trinajstić information content (AvgIpc) is 2.70. The summed E-state index contributed by atoms with van der Waals surface area (Å²) in [7, 11) is 0. The van der Waals surface area contributed by atoms with Gasteiger partial charge in [0.1, 0.15) is 0 Å². The molecule has 2 aliphatic rings. The Labute approximate surface area is 139 Å². The zero-order chi connectivity index (χ0) is 17.0. The van der Waals surface area contributed by atoms with Crippen LogP contribution in [0.1, 0.15) is 85.0 Å². The Kier molecular flexibility index (Phi) is 6.01. The number of Topliss-reactive ketones (excluding diaryl/α,β-unsaturated/α-hetero) is 1. The highest BCUT2D eigenvalue weighted by Gasteiger charge is 2.51. The Hall–Kier alpha value is -1.16. The lowest BCUT2D eigenvalue weighted by Crippen LogP contribution is -2.53. The van der Waals surface area contributed by atoms with E-state index in [-0.39, 0.29) is 17.7 Å².